The zero-order valence-corrected chi connectivity index (χ0v) is 16.6. The van der Waals surface area contributed by atoms with Crippen molar-refractivity contribution in [3.8, 4) is 0 Å². The van der Waals surface area contributed by atoms with Crippen LogP contribution in [-0.2, 0) is 32.1 Å². The third kappa shape index (κ3) is 5.47. The molecule has 2 heterocycles. The molecule has 4 amide bonds. The average Bonchev–Trinajstić information content (AvgIpc) is 3.40. The van der Waals surface area contributed by atoms with Gasteiger partial charge in [-0.2, -0.15) is 0 Å². The first-order chi connectivity index (χ1) is 14.5. The van der Waals surface area contributed by atoms with Gasteiger partial charge in [-0.3, -0.25) is 19.7 Å². The van der Waals surface area contributed by atoms with Crippen molar-refractivity contribution in [3.05, 3.63) is 54.0 Å². The molecule has 9 nitrogen and oxygen atoms in total. The third-order valence-electron chi connectivity index (χ3n) is 4.72. The van der Waals surface area contributed by atoms with Crippen LogP contribution in [-0.4, -0.2) is 37.0 Å². The molecule has 2 aromatic rings. The average molecular weight is 413 g/mol. The Bertz CT molecular complexity index is 907. The minimum Gasteiger partial charge on any atom is -0.467 e. The van der Waals surface area contributed by atoms with E-state index in [0.717, 1.165) is 17.7 Å². The van der Waals surface area contributed by atoms with Gasteiger partial charge in [-0.1, -0.05) is 19.1 Å². The Morgan fingerprint density at radius 2 is 1.97 bits per heavy atom. The Kier molecular flexibility index (Phi) is 6.84. The molecule has 1 aliphatic heterocycles. The topological polar surface area (TPSA) is 118 Å². The van der Waals surface area contributed by atoms with Crippen molar-refractivity contribution in [1.29, 1.82) is 0 Å². The fraction of sp³-hybridized carbons (Fsp3) is 0.333. The van der Waals surface area contributed by atoms with Crippen LogP contribution < -0.4 is 15.5 Å². The second kappa shape index (κ2) is 9.73. The van der Waals surface area contributed by atoms with Crippen LogP contribution in [0.3, 0.4) is 0 Å². The van der Waals surface area contributed by atoms with E-state index in [9.17, 15) is 19.2 Å². The maximum Gasteiger partial charge on any atom is 0.321 e. The monoisotopic (exact) mass is 413 g/mol. The molecule has 0 radical (unpaired) electrons. The van der Waals surface area contributed by atoms with Gasteiger partial charge in [-0.05, 0) is 36.2 Å². The molecule has 9 heteroatoms. The van der Waals surface area contributed by atoms with Crippen molar-refractivity contribution in [2.24, 2.45) is 5.92 Å². The van der Waals surface area contributed by atoms with Crippen LogP contribution in [0.1, 0.15) is 24.7 Å². The van der Waals surface area contributed by atoms with E-state index in [1.54, 1.807) is 12.1 Å². The molecule has 3 rings (SSSR count). The number of rotatable bonds is 7. The lowest BCUT2D eigenvalue weighted by molar-refractivity contribution is -0.152. The maximum absolute atomic E-state index is 12.3. The van der Waals surface area contributed by atoms with E-state index in [2.05, 4.69) is 10.6 Å². The van der Waals surface area contributed by atoms with E-state index in [-0.39, 0.29) is 25.4 Å². The largest absolute Gasteiger partial charge is 0.467 e. The van der Waals surface area contributed by atoms with Crippen molar-refractivity contribution >= 4 is 29.5 Å². The number of nitrogens with one attached hydrogen (secondary N) is 2. The van der Waals surface area contributed by atoms with Crippen LogP contribution >= 0.6 is 0 Å². The summed E-state index contributed by atoms with van der Waals surface area (Å²) in [6.45, 7) is 1.74. The van der Waals surface area contributed by atoms with Gasteiger partial charge in [0.25, 0.3) is 5.91 Å². The summed E-state index contributed by atoms with van der Waals surface area (Å²) in [5.41, 5.74) is 1.87. The Balaban J connectivity index is 1.42. The van der Waals surface area contributed by atoms with Crippen molar-refractivity contribution in [1.82, 2.24) is 10.6 Å². The minimum absolute atomic E-state index is 0.0135. The number of amides is 4. The summed E-state index contributed by atoms with van der Waals surface area (Å²) < 4.78 is 10.0. The van der Waals surface area contributed by atoms with E-state index < -0.39 is 30.4 Å². The van der Waals surface area contributed by atoms with E-state index in [1.165, 1.54) is 11.2 Å². The lowest BCUT2D eigenvalue weighted by Gasteiger charge is -2.17. The minimum atomic E-state index is -0.767. The smallest absolute Gasteiger partial charge is 0.321 e. The Labute approximate surface area is 173 Å². The number of carbonyl (C=O) groups is 4. The highest BCUT2D eigenvalue weighted by Crippen LogP contribution is 2.26. The highest BCUT2D eigenvalue weighted by Gasteiger charge is 2.36. The standard InChI is InChI=1S/C21H23N3O6/c1-2-14-5-7-16(8-6-14)24-12-15(10-19(24)26)20(27)30-13-18(25)23-21(28)22-11-17-4-3-9-29-17/h3-9,15H,2,10-13H2,1H3,(H2,22,23,25,28)/t15-/m1/s1. The van der Waals surface area contributed by atoms with E-state index in [4.69, 9.17) is 9.15 Å². The second-order valence-electron chi connectivity index (χ2n) is 6.84. The van der Waals surface area contributed by atoms with Crippen LogP contribution in [0.4, 0.5) is 10.5 Å². The van der Waals surface area contributed by atoms with Gasteiger partial charge in [-0.15, -0.1) is 0 Å². The maximum atomic E-state index is 12.3. The lowest BCUT2D eigenvalue weighted by atomic mass is 10.1. The van der Waals surface area contributed by atoms with Gasteiger partial charge in [0.2, 0.25) is 5.91 Å². The molecule has 1 fully saturated rings. The number of carbonyl (C=O) groups excluding carboxylic acids is 4. The molecule has 2 N–H and O–H groups in total. The number of benzene rings is 1. The number of nitrogens with zero attached hydrogens (tertiary/aromatic N) is 1. The quantitative estimate of drug-likeness (QED) is 0.668. The summed E-state index contributed by atoms with van der Waals surface area (Å²) in [6, 6.07) is 10.2. The molecule has 30 heavy (non-hydrogen) atoms. The van der Waals surface area contributed by atoms with Crippen molar-refractivity contribution in [2.45, 2.75) is 26.3 Å². The van der Waals surface area contributed by atoms with Crippen LogP contribution in [0.15, 0.2) is 47.1 Å². The van der Waals surface area contributed by atoms with Crippen LogP contribution in [0.25, 0.3) is 0 Å². The van der Waals surface area contributed by atoms with E-state index in [0.29, 0.717) is 5.76 Å². The number of hydrogen-bond acceptors (Lipinski definition) is 6. The number of furan rings is 1. The van der Waals surface area contributed by atoms with Crippen LogP contribution in [0, 0.1) is 5.92 Å². The third-order valence-corrected chi connectivity index (χ3v) is 4.72. The lowest BCUT2D eigenvalue weighted by Crippen LogP contribution is -2.41. The molecule has 0 spiro atoms. The molecule has 0 aliphatic carbocycles. The van der Waals surface area contributed by atoms with E-state index >= 15 is 0 Å². The van der Waals surface area contributed by atoms with Gasteiger partial charge in [-0.25, -0.2) is 4.79 Å². The van der Waals surface area contributed by atoms with Crippen LogP contribution in [0.5, 0.6) is 0 Å². The normalized spacial score (nSPS) is 15.7. The van der Waals surface area contributed by atoms with Crippen molar-refractivity contribution in [3.63, 3.8) is 0 Å². The van der Waals surface area contributed by atoms with Crippen molar-refractivity contribution in [2.75, 3.05) is 18.1 Å². The second-order valence-corrected chi connectivity index (χ2v) is 6.84. The molecule has 0 unspecified atom stereocenters. The number of imide groups is 1. The number of aryl methyl sites for hydroxylation is 1. The fourth-order valence-corrected chi connectivity index (χ4v) is 3.07. The van der Waals surface area contributed by atoms with Gasteiger partial charge >= 0.3 is 12.0 Å². The zero-order chi connectivity index (χ0) is 21.5. The first-order valence-electron chi connectivity index (χ1n) is 9.62. The van der Waals surface area contributed by atoms with Gasteiger partial charge in [0.15, 0.2) is 6.61 Å². The summed E-state index contributed by atoms with van der Waals surface area (Å²) in [5, 5.41) is 4.50. The number of esters is 1. The molecule has 158 valence electrons. The molecule has 1 saturated heterocycles. The fourth-order valence-electron chi connectivity index (χ4n) is 3.07. The Morgan fingerprint density at radius 3 is 2.63 bits per heavy atom. The van der Waals surface area contributed by atoms with E-state index in [1.807, 2.05) is 31.2 Å². The summed E-state index contributed by atoms with van der Waals surface area (Å²) in [5.74, 6) is -1.73. The number of urea groups is 1. The number of hydrogen-bond donors (Lipinski definition) is 2. The van der Waals surface area contributed by atoms with Crippen molar-refractivity contribution < 1.29 is 28.3 Å². The predicted molar refractivity (Wildman–Crippen MR) is 106 cm³/mol. The molecular weight excluding hydrogens is 390 g/mol. The predicted octanol–water partition coefficient (Wildman–Crippen LogP) is 1.76. The SMILES string of the molecule is CCc1ccc(N2C[C@H](C(=O)OCC(=O)NC(=O)NCc3ccco3)CC2=O)cc1. The van der Waals surface area contributed by atoms with Gasteiger partial charge in [0.1, 0.15) is 5.76 Å². The first-order valence-corrected chi connectivity index (χ1v) is 9.62. The molecule has 1 aromatic carbocycles. The summed E-state index contributed by atoms with van der Waals surface area (Å²) >= 11 is 0. The summed E-state index contributed by atoms with van der Waals surface area (Å²) in [7, 11) is 0. The van der Waals surface area contributed by atoms with Crippen LogP contribution in [0.2, 0.25) is 0 Å². The summed E-state index contributed by atoms with van der Waals surface area (Å²) in [6.07, 6.45) is 2.38. The van der Waals surface area contributed by atoms with Gasteiger partial charge in [0, 0.05) is 18.7 Å². The molecule has 0 saturated carbocycles. The molecular formula is C21H23N3O6. The number of anilines is 1. The molecule has 1 aliphatic rings. The molecule has 0 bridgehead atoms. The highest BCUT2D eigenvalue weighted by atomic mass is 16.5. The van der Waals surface area contributed by atoms with Gasteiger partial charge in [0.05, 0.1) is 18.7 Å². The Morgan fingerprint density at radius 1 is 1.20 bits per heavy atom. The van der Waals surface area contributed by atoms with Gasteiger partial charge < -0.3 is 19.4 Å². The highest BCUT2D eigenvalue weighted by molar-refractivity contribution is 6.00. The zero-order valence-electron chi connectivity index (χ0n) is 16.6. The Hall–Kier alpha value is -3.62. The summed E-state index contributed by atoms with van der Waals surface area (Å²) in [4.78, 5) is 49.5. The molecule has 1 atom stereocenters. The first kappa shape index (κ1) is 21.1. The number of ether oxygens (including phenoxy) is 1. The molecule has 1 aromatic heterocycles.